The fraction of sp³-hybridized carbons (Fsp3) is 0.889. The van der Waals surface area contributed by atoms with Gasteiger partial charge in [0.15, 0.2) is 5.96 Å². The number of hydrogen-bond donors (Lipinski definition) is 3. The van der Waals surface area contributed by atoms with Crippen LogP contribution < -0.4 is 16.0 Å². The summed E-state index contributed by atoms with van der Waals surface area (Å²) in [4.78, 5) is 16.3. The predicted octanol–water partition coefficient (Wildman–Crippen LogP) is 2.64. The Kier molecular flexibility index (Phi) is 8.92. The van der Waals surface area contributed by atoms with Gasteiger partial charge in [0.1, 0.15) is 5.60 Å². The molecule has 3 N–H and O–H groups in total. The van der Waals surface area contributed by atoms with Crippen molar-refractivity contribution in [2.24, 2.45) is 10.9 Å². The second-order valence-electron chi connectivity index (χ2n) is 8.31. The van der Waals surface area contributed by atoms with Crippen molar-refractivity contribution >= 4 is 36.0 Å². The molecule has 4 unspecified atom stereocenters. The molecule has 0 aliphatic carbocycles. The van der Waals surface area contributed by atoms with Gasteiger partial charge in [-0.2, -0.15) is 0 Å². The smallest absolute Gasteiger partial charge is 0.407 e. The molecule has 2 aliphatic rings. The minimum Gasteiger partial charge on any atom is -0.444 e. The Morgan fingerprint density at radius 2 is 2.00 bits per heavy atom. The van der Waals surface area contributed by atoms with Gasteiger partial charge in [-0.1, -0.05) is 13.8 Å². The zero-order valence-electron chi connectivity index (χ0n) is 16.8. The van der Waals surface area contributed by atoms with Crippen molar-refractivity contribution in [2.75, 3.05) is 13.6 Å². The molecule has 2 bridgehead atoms. The SMILES string of the molecule is CN=C(NCC(NC(=O)OC(C)(C)C)C(C)C)NC1CC2CCC1O2.I. The van der Waals surface area contributed by atoms with E-state index in [-0.39, 0.29) is 35.9 Å². The van der Waals surface area contributed by atoms with E-state index in [1.54, 1.807) is 7.05 Å². The second kappa shape index (κ2) is 9.96. The maximum atomic E-state index is 12.0. The number of hydrogen-bond acceptors (Lipinski definition) is 4. The first kappa shape index (κ1) is 23.3. The maximum absolute atomic E-state index is 12.0. The van der Waals surface area contributed by atoms with E-state index in [0.717, 1.165) is 18.8 Å². The van der Waals surface area contributed by atoms with Gasteiger partial charge in [0.2, 0.25) is 0 Å². The lowest BCUT2D eigenvalue weighted by atomic mass is 9.96. The van der Waals surface area contributed by atoms with Gasteiger partial charge in [0.25, 0.3) is 0 Å². The Hall–Kier alpha value is -0.770. The van der Waals surface area contributed by atoms with Gasteiger partial charge in [0.05, 0.1) is 24.3 Å². The number of alkyl carbamates (subject to hydrolysis) is 1. The van der Waals surface area contributed by atoms with Gasteiger partial charge >= 0.3 is 6.09 Å². The summed E-state index contributed by atoms with van der Waals surface area (Å²) >= 11 is 0. The van der Waals surface area contributed by atoms with E-state index in [9.17, 15) is 4.79 Å². The summed E-state index contributed by atoms with van der Waals surface area (Å²) in [6, 6.07) is 0.269. The summed E-state index contributed by atoms with van der Waals surface area (Å²) < 4.78 is 11.2. The molecule has 2 aliphatic heterocycles. The number of halogens is 1. The van der Waals surface area contributed by atoms with E-state index >= 15 is 0 Å². The van der Waals surface area contributed by atoms with Crippen LogP contribution in [0.15, 0.2) is 4.99 Å². The monoisotopic (exact) mass is 482 g/mol. The van der Waals surface area contributed by atoms with Crippen LogP contribution >= 0.6 is 24.0 Å². The van der Waals surface area contributed by atoms with Gasteiger partial charge in [-0.3, -0.25) is 4.99 Å². The van der Waals surface area contributed by atoms with Gasteiger partial charge < -0.3 is 25.4 Å². The summed E-state index contributed by atoms with van der Waals surface area (Å²) in [6.07, 6.45) is 3.63. The van der Waals surface area contributed by atoms with Gasteiger partial charge in [0, 0.05) is 13.6 Å². The number of carbonyl (C=O) groups is 1. The van der Waals surface area contributed by atoms with Crippen molar-refractivity contribution in [3.05, 3.63) is 0 Å². The number of rotatable bonds is 5. The Morgan fingerprint density at radius 1 is 1.31 bits per heavy atom. The highest BCUT2D eigenvalue weighted by atomic mass is 127. The van der Waals surface area contributed by atoms with Crippen molar-refractivity contribution in [1.82, 2.24) is 16.0 Å². The van der Waals surface area contributed by atoms with Crippen molar-refractivity contribution in [1.29, 1.82) is 0 Å². The molecular weight excluding hydrogens is 447 g/mol. The van der Waals surface area contributed by atoms with Crippen molar-refractivity contribution < 1.29 is 14.3 Å². The molecule has 4 atom stereocenters. The highest BCUT2D eigenvalue weighted by molar-refractivity contribution is 14.0. The zero-order chi connectivity index (χ0) is 18.6. The summed E-state index contributed by atoms with van der Waals surface area (Å²) in [5.41, 5.74) is -0.502. The van der Waals surface area contributed by atoms with Gasteiger partial charge in [-0.25, -0.2) is 4.79 Å². The molecule has 0 aromatic heterocycles. The van der Waals surface area contributed by atoms with Crippen LogP contribution in [0.5, 0.6) is 0 Å². The highest BCUT2D eigenvalue weighted by Gasteiger charge is 2.41. The highest BCUT2D eigenvalue weighted by Crippen LogP contribution is 2.34. The second-order valence-corrected chi connectivity index (χ2v) is 8.31. The number of aliphatic imine (C=N–C) groups is 1. The van der Waals surface area contributed by atoms with E-state index < -0.39 is 11.7 Å². The molecule has 0 aromatic carbocycles. The Labute approximate surface area is 174 Å². The number of nitrogens with zero attached hydrogens (tertiary/aromatic N) is 1. The molecule has 2 saturated heterocycles. The van der Waals surface area contributed by atoms with Gasteiger partial charge in [-0.05, 0) is 46.0 Å². The fourth-order valence-corrected chi connectivity index (χ4v) is 3.28. The molecule has 152 valence electrons. The molecule has 0 radical (unpaired) electrons. The fourth-order valence-electron chi connectivity index (χ4n) is 3.28. The minimum atomic E-state index is -0.502. The molecular formula is C18H35IN4O3. The molecule has 2 heterocycles. The number of nitrogens with one attached hydrogen (secondary N) is 3. The van der Waals surface area contributed by atoms with Crippen LogP contribution in [0.1, 0.15) is 53.9 Å². The van der Waals surface area contributed by atoms with Crippen molar-refractivity contribution in [3.8, 4) is 0 Å². The Morgan fingerprint density at radius 3 is 2.46 bits per heavy atom. The maximum Gasteiger partial charge on any atom is 0.407 e. The first-order chi connectivity index (χ1) is 11.7. The van der Waals surface area contributed by atoms with Crippen molar-refractivity contribution in [3.63, 3.8) is 0 Å². The third-order valence-electron chi connectivity index (χ3n) is 4.65. The van der Waals surface area contributed by atoms with Crippen LogP contribution in [0, 0.1) is 5.92 Å². The minimum absolute atomic E-state index is 0. The van der Waals surface area contributed by atoms with E-state index in [1.165, 1.54) is 6.42 Å². The van der Waals surface area contributed by atoms with Crippen LogP contribution in [0.3, 0.4) is 0 Å². The molecule has 0 aromatic rings. The van der Waals surface area contributed by atoms with E-state index in [0.29, 0.717) is 24.8 Å². The summed E-state index contributed by atoms with van der Waals surface area (Å²) in [5, 5.41) is 9.71. The number of guanidine groups is 1. The summed E-state index contributed by atoms with van der Waals surface area (Å²) in [6.45, 7) is 10.3. The average Bonchev–Trinajstić information content (AvgIpc) is 3.10. The van der Waals surface area contributed by atoms with Crippen LogP contribution in [0.2, 0.25) is 0 Å². The third-order valence-corrected chi connectivity index (χ3v) is 4.65. The van der Waals surface area contributed by atoms with Gasteiger partial charge in [-0.15, -0.1) is 24.0 Å². The molecule has 8 heteroatoms. The molecule has 0 saturated carbocycles. The average molecular weight is 482 g/mol. The largest absolute Gasteiger partial charge is 0.444 e. The van der Waals surface area contributed by atoms with Crippen LogP contribution in [-0.4, -0.2) is 55.5 Å². The van der Waals surface area contributed by atoms with E-state index in [1.807, 2.05) is 20.8 Å². The van der Waals surface area contributed by atoms with E-state index in [2.05, 4.69) is 34.8 Å². The molecule has 2 rings (SSSR count). The molecule has 1 amide bonds. The summed E-state index contributed by atoms with van der Waals surface area (Å²) in [5.74, 6) is 1.02. The third kappa shape index (κ3) is 7.09. The van der Waals surface area contributed by atoms with Crippen LogP contribution in [0.4, 0.5) is 4.79 Å². The number of ether oxygens (including phenoxy) is 2. The molecule has 2 fully saturated rings. The van der Waals surface area contributed by atoms with Crippen LogP contribution in [0.25, 0.3) is 0 Å². The van der Waals surface area contributed by atoms with Crippen LogP contribution in [-0.2, 0) is 9.47 Å². The zero-order valence-corrected chi connectivity index (χ0v) is 19.1. The Balaban J connectivity index is 0.00000338. The number of carbonyl (C=O) groups excluding carboxylic acids is 1. The summed E-state index contributed by atoms with van der Waals surface area (Å²) in [7, 11) is 1.76. The lowest BCUT2D eigenvalue weighted by Crippen LogP contribution is -2.52. The predicted molar refractivity (Wildman–Crippen MR) is 114 cm³/mol. The molecule has 26 heavy (non-hydrogen) atoms. The molecule has 7 nitrogen and oxygen atoms in total. The number of amides is 1. The topological polar surface area (TPSA) is 84.0 Å². The normalized spacial score (nSPS) is 26.3. The lowest BCUT2D eigenvalue weighted by Gasteiger charge is -2.27. The first-order valence-corrected chi connectivity index (χ1v) is 9.30. The quantitative estimate of drug-likeness (QED) is 0.319. The number of fused-ring (bicyclic) bond motifs is 2. The first-order valence-electron chi connectivity index (χ1n) is 9.30. The standard InChI is InChI=1S/C18H34N4O3.HI/c1-11(2)14(22-17(23)25-18(3,4)5)10-20-16(19-6)21-13-9-12-7-8-15(13)24-12;/h11-15H,7-10H2,1-6H3,(H,22,23)(H2,19,20,21);1H. The molecule has 0 spiro atoms. The lowest BCUT2D eigenvalue weighted by molar-refractivity contribution is 0.0491. The van der Waals surface area contributed by atoms with E-state index in [4.69, 9.17) is 9.47 Å². The Bertz CT molecular complexity index is 493. The van der Waals surface area contributed by atoms with Crippen molar-refractivity contribution in [2.45, 2.75) is 83.8 Å².